The van der Waals surface area contributed by atoms with E-state index in [0.29, 0.717) is 15.7 Å². The van der Waals surface area contributed by atoms with Gasteiger partial charge in [0, 0.05) is 41.4 Å². The number of amides is 1. The van der Waals surface area contributed by atoms with Crippen LogP contribution in [0.25, 0.3) is 0 Å². The number of hydrogen-bond acceptors (Lipinski definition) is 4. The number of piperazine rings is 1. The van der Waals surface area contributed by atoms with E-state index in [4.69, 9.17) is 0 Å². The molecule has 0 aliphatic carbocycles. The molecule has 0 radical (unpaired) electrons. The van der Waals surface area contributed by atoms with Crippen LogP contribution in [-0.4, -0.2) is 41.4 Å². The summed E-state index contributed by atoms with van der Waals surface area (Å²) >= 11 is 1.97. The SMILES string of the molecule is CC1CNCCN1C(=O)c1ccc([N+](=O)[O-])cc1I. The van der Waals surface area contributed by atoms with Crippen LogP contribution < -0.4 is 5.32 Å². The summed E-state index contributed by atoms with van der Waals surface area (Å²) in [5.41, 5.74) is 0.536. The number of hydrogen-bond donors (Lipinski definition) is 1. The third-order valence-electron chi connectivity index (χ3n) is 3.16. The van der Waals surface area contributed by atoms with Crippen molar-refractivity contribution in [3.63, 3.8) is 0 Å². The fraction of sp³-hybridized carbons (Fsp3) is 0.417. The van der Waals surface area contributed by atoms with Crippen LogP contribution in [0.3, 0.4) is 0 Å². The molecule has 0 spiro atoms. The molecule has 1 heterocycles. The van der Waals surface area contributed by atoms with Gasteiger partial charge < -0.3 is 10.2 Å². The Hall–Kier alpha value is -1.22. The Morgan fingerprint density at radius 2 is 2.32 bits per heavy atom. The average Bonchev–Trinajstić information content (AvgIpc) is 2.38. The Balaban J connectivity index is 2.26. The fourth-order valence-electron chi connectivity index (χ4n) is 2.09. The van der Waals surface area contributed by atoms with Crippen molar-refractivity contribution >= 4 is 34.2 Å². The number of benzene rings is 1. The van der Waals surface area contributed by atoms with E-state index in [2.05, 4.69) is 5.32 Å². The van der Waals surface area contributed by atoms with Gasteiger partial charge in [-0.3, -0.25) is 14.9 Å². The smallest absolute Gasteiger partial charge is 0.270 e. The van der Waals surface area contributed by atoms with Gasteiger partial charge in [-0.2, -0.15) is 0 Å². The van der Waals surface area contributed by atoms with Crippen molar-refractivity contribution in [1.29, 1.82) is 0 Å². The Morgan fingerprint density at radius 1 is 1.58 bits per heavy atom. The summed E-state index contributed by atoms with van der Waals surface area (Å²) in [6.07, 6.45) is 0. The van der Waals surface area contributed by atoms with E-state index in [1.165, 1.54) is 18.2 Å². The molecule has 1 fully saturated rings. The zero-order chi connectivity index (χ0) is 14.0. The molecule has 0 aromatic heterocycles. The number of nitrogens with one attached hydrogen (secondary N) is 1. The first-order chi connectivity index (χ1) is 9.00. The van der Waals surface area contributed by atoms with Crippen molar-refractivity contribution in [2.24, 2.45) is 0 Å². The standard InChI is InChI=1S/C12H14IN3O3/c1-8-7-14-4-5-15(8)12(17)10-3-2-9(16(18)19)6-11(10)13/h2-3,6,8,14H,4-5,7H2,1H3. The molecular weight excluding hydrogens is 361 g/mol. The minimum atomic E-state index is -0.455. The molecule has 6 nitrogen and oxygen atoms in total. The van der Waals surface area contributed by atoms with Crippen molar-refractivity contribution in [1.82, 2.24) is 10.2 Å². The first kappa shape index (κ1) is 14.2. The van der Waals surface area contributed by atoms with Crippen molar-refractivity contribution in [2.45, 2.75) is 13.0 Å². The van der Waals surface area contributed by atoms with E-state index in [1.54, 1.807) is 4.90 Å². The number of non-ortho nitro benzene ring substituents is 1. The zero-order valence-electron chi connectivity index (χ0n) is 10.4. The Morgan fingerprint density at radius 3 is 2.89 bits per heavy atom. The molecule has 0 saturated carbocycles. The van der Waals surface area contributed by atoms with E-state index in [1.807, 2.05) is 29.5 Å². The van der Waals surface area contributed by atoms with E-state index in [9.17, 15) is 14.9 Å². The molecule has 1 aromatic carbocycles. The second kappa shape index (κ2) is 5.83. The topological polar surface area (TPSA) is 75.5 Å². The molecule has 102 valence electrons. The maximum atomic E-state index is 12.4. The minimum Gasteiger partial charge on any atom is -0.333 e. The fourth-order valence-corrected chi connectivity index (χ4v) is 2.82. The lowest BCUT2D eigenvalue weighted by Gasteiger charge is -2.34. The molecule has 1 amide bonds. The van der Waals surface area contributed by atoms with Gasteiger partial charge in [0.2, 0.25) is 0 Å². The van der Waals surface area contributed by atoms with Gasteiger partial charge in [-0.05, 0) is 35.6 Å². The molecule has 1 atom stereocenters. The summed E-state index contributed by atoms with van der Waals surface area (Å²) in [7, 11) is 0. The molecule has 19 heavy (non-hydrogen) atoms. The van der Waals surface area contributed by atoms with Gasteiger partial charge in [-0.15, -0.1) is 0 Å². The summed E-state index contributed by atoms with van der Waals surface area (Å²) in [5, 5.41) is 13.9. The molecule has 1 unspecified atom stereocenters. The molecule has 7 heteroatoms. The number of rotatable bonds is 2. The summed E-state index contributed by atoms with van der Waals surface area (Å²) in [4.78, 5) is 24.5. The number of nitrogens with zero attached hydrogens (tertiary/aromatic N) is 2. The molecule has 1 aliphatic heterocycles. The summed E-state index contributed by atoms with van der Waals surface area (Å²) in [6.45, 7) is 4.20. The summed E-state index contributed by atoms with van der Waals surface area (Å²) < 4.78 is 0.613. The van der Waals surface area contributed by atoms with Crippen LogP contribution in [0.2, 0.25) is 0 Å². The molecule has 1 aliphatic rings. The lowest BCUT2D eigenvalue weighted by molar-refractivity contribution is -0.384. The van der Waals surface area contributed by atoms with E-state index in [-0.39, 0.29) is 17.6 Å². The molecule has 1 N–H and O–H groups in total. The van der Waals surface area contributed by atoms with Gasteiger partial charge in [0.25, 0.3) is 11.6 Å². The number of carbonyl (C=O) groups excluding carboxylic acids is 1. The molecular formula is C12H14IN3O3. The lowest BCUT2D eigenvalue weighted by Crippen LogP contribution is -2.52. The highest BCUT2D eigenvalue weighted by atomic mass is 127. The molecule has 1 saturated heterocycles. The summed E-state index contributed by atoms with van der Waals surface area (Å²) in [6, 6.07) is 4.48. The van der Waals surface area contributed by atoms with Crippen LogP contribution in [0.15, 0.2) is 18.2 Å². The van der Waals surface area contributed by atoms with Crippen LogP contribution in [0.4, 0.5) is 5.69 Å². The van der Waals surface area contributed by atoms with E-state index >= 15 is 0 Å². The van der Waals surface area contributed by atoms with Crippen molar-refractivity contribution < 1.29 is 9.72 Å². The van der Waals surface area contributed by atoms with Gasteiger partial charge in [-0.25, -0.2) is 0 Å². The predicted octanol–water partition coefficient (Wildman–Crippen LogP) is 1.63. The highest BCUT2D eigenvalue weighted by Gasteiger charge is 2.26. The van der Waals surface area contributed by atoms with Gasteiger partial charge in [0.05, 0.1) is 10.5 Å². The predicted molar refractivity (Wildman–Crippen MR) is 79.2 cm³/mol. The normalized spacial score (nSPS) is 19.3. The van der Waals surface area contributed by atoms with Gasteiger partial charge in [0.1, 0.15) is 0 Å². The Kier molecular flexibility index (Phi) is 4.35. The van der Waals surface area contributed by atoms with Crippen molar-refractivity contribution in [3.8, 4) is 0 Å². The minimum absolute atomic E-state index is 0.00862. The number of nitro groups is 1. The van der Waals surface area contributed by atoms with Gasteiger partial charge in [-0.1, -0.05) is 0 Å². The highest BCUT2D eigenvalue weighted by molar-refractivity contribution is 14.1. The second-order valence-electron chi connectivity index (χ2n) is 4.47. The second-order valence-corrected chi connectivity index (χ2v) is 5.64. The van der Waals surface area contributed by atoms with Gasteiger partial charge in [0.15, 0.2) is 0 Å². The number of nitro benzene ring substituents is 1. The monoisotopic (exact) mass is 375 g/mol. The van der Waals surface area contributed by atoms with Crippen molar-refractivity contribution in [2.75, 3.05) is 19.6 Å². The van der Waals surface area contributed by atoms with Gasteiger partial charge >= 0.3 is 0 Å². The highest BCUT2D eigenvalue weighted by Crippen LogP contribution is 2.22. The Bertz CT molecular complexity index is 521. The average molecular weight is 375 g/mol. The third-order valence-corrected chi connectivity index (χ3v) is 4.05. The van der Waals surface area contributed by atoms with Crippen LogP contribution in [0, 0.1) is 13.7 Å². The first-order valence-electron chi connectivity index (χ1n) is 5.96. The van der Waals surface area contributed by atoms with E-state index < -0.39 is 4.92 Å². The number of carbonyl (C=O) groups is 1. The maximum absolute atomic E-state index is 12.4. The molecule has 1 aromatic rings. The van der Waals surface area contributed by atoms with Crippen LogP contribution >= 0.6 is 22.6 Å². The third kappa shape index (κ3) is 3.03. The quantitative estimate of drug-likeness (QED) is 0.485. The lowest BCUT2D eigenvalue weighted by atomic mass is 10.1. The Labute approximate surface area is 124 Å². The van der Waals surface area contributed by atoms with E-state index in [0.717, 1.165) is 13.1 Å². The van der Waals surface area contributed by atoms with Crippen LogP contribution in [-0.2, 0) is 0 Å². The molecule has 0 bridgehead atoms. The summed E-state index contributed by atoms with van der Waals surface area (Å²) in [5.74, 6) is -0.0618. The number of halogens is 1. The van der Waals surface area contributed by atoms with Crippen LogP contribution in [0.1, 0.15) is 17.3 Å². The molecule has 2 rings (SSSR count). The zero-order valence-corrected chi connectivity index (χ0v) is 12.6. The first-order valence-corrected chi connectivity index (χ1v) is 7.04. The largest absolute Gasteiger partial charge is 0.333 e. The van der Waals surface area contributed by atoms with Crippen LogP contribution in [0.5, 0.6) is 0 Å². The van der Waals surface area contributed by atoms with Crippen molar-refractivity contribution in [3.05, 3.63) is 37.4 Å². The maximum Gasteiger partial charge on any atom is 0.270 e.